The van der Waals surface area contributed by atoms with E-state index in [-0.39, 0.29) is 5.91 Å². The van der Waals surface area contributed by atoms with Gasteiger partial charge in [-0.3, -0.25) is 9.78 Å². The van der Waals surface area contributed by atoms with Crippen LogP contribution in [0.5, 0.6) is 0 Å². The minimum Gasteiger partial charge on any atom is -0.326 e. The van der Waals surface area contributed by atoms with E-state index < -0.39 is 0 Å². The molecule has 0 fully saturated rings. The van der Waals surface area contributed by atoms with Crippen molar-refractivity contribution in [2.24, 2.45) is 5.73 Å². The first-order valence-corrected chi connectivity index (χ1v) is 6.67. The first-order chi connectivity index (χ1) is 9.65. The zero-order valence-corrected chi connectivity index (χ0v) is 11.8. The predicted octanol–water partition coefficient (Wildman–Crippen LogP) is 2.38. The molecule has 1 aromatic carbocycles. The molecule has 104 valence electrons. The Bertz CT molecular complexity index is 576. The minimum absolute atomic E-state index is 0.127. The number of hydrogen-bond acceptors (Lipinski definition) is 3. The molecule has 0 bridgehead atoms. The van der Waals surface area contributed by atoms with Crippen molar-refractivity contribution in [1.29, 1.82) is 0 Å². The lowest BCUT2D eigenvalue weighted by Crippen LogP contribution is -2.27. The Morgan fingerprint density at radius 1 is 1.15 bits per heavy atom. The maximum Gasteiger partial charge on any atom is 0.276 e. The fourth-order valence-electron chi connectivity index (χ4n) is 1.92. The molecule has 2 N–H and O–H groups in total. The van der Waals surface area contributed by atoms with Gasteiger partial charge in [0.25, 0.3) is 5.91 Å². The van der Waals surface area contributed by atoms with Crippen molar-refractivity contribution in [3.05, 3.63) is 59.4 Å². The average Bonchev–Trinajstić information content (AvgIpc) is 2.53. The van der Waals surface area contributed by atoms with Crippen LogP contribution >= 0.6 is 0 Å². The normalized spacial score (nSPS) is 10.3. The van der Waals surface area contributed by atoms with Gasteiger partial charge in [-0.25, -0.2) is 0 Å². The Morgan fingerprint density at radius 2 is 1.80 bits per heavy atom. The van der Waals surface area contributed by atoms with Gasteiger partial charge < -0.3 is 10.6 Å². The highest BCUT2D eigenvalue weighted by atomic mass is 16.2. The van der Waals surface area contributed by atoms with E-state index >= 15 is 0 Å². The number of carbonyl (C=O) groups is 1. The molecule has 0 spiro atoms. The molecule has 1 amide bonds. The molecule has 20 heavy (non-hydrogen) atoms. The highest BCUT2D eigenvalue weighted by molar-refractivity contribution is 6.04. The van der Waals surface area contributed by atoms with Crippen molar-refractivity contribution < 1.29 is 4.79 Å². The molecule has 0 aliphatic rings. The quantitative estimate of drug-likeness (QED) is 0.927. The van der Waals surface area contributed by atoms with Crippen molar-refractivity contribution in [1.82, 2.24) is 4.98 Å². The SMILES string of the molecule is CCc1ccc(N(C)C(=O)c2ccc(CN)cn2)cc1. The van der Waals surface area contributed by atoms with Crippen molar-refractivity contribution in [3.63, 3.8) is 0 Å². The maximum atomic E-state index is 12.3. The molecular formula is C16H19N3O. The van der Waals surface area contributed by atoms with Gasteiger partial charge in [0.05, 0.1) is 0 Å². The van der Waals surface area contributed by atoms with Gasteiger partial charge in [0.2, 0.25) is 0 Å². The summed E-state index contributed by atoms with van der Waals surface area (Å²) < 4.78 is 0. The molecule has 2 rings (SSSR count). The van der Waals surface area contributed by atoms with Crippen LogP contribution in [0.3, 0.4) is 0 Å². The van der Waals surface area contributed by atoms with Gasteiger partial charge in [0.1, 0.15) is 5.69 Å². The summed E-state index contributed by atoms with van der Waals surface area (Å²) in [5.74, 6) is -0.127. The summed E-state index contributed by atoms with van der Waals surface area (Å²) in [6, 6.07) is 11.5. The third kappa shape index (κ3) is 3.03. The highest BCUT2D eigenvalue weighted by Gasteiger charge is 2.14. The Labute approximate surface area is 119 Å². The van der Waals surface area contributed by atoms with Crippen LogP contribution in [0.25, 0.3) is 0 Å². The van der Waals surface area contributed by atoms with Gasteiger partial charge in [-0.15, -0.1) is 0 Å². The number of benzene rings is 1. The summed E-state index contributed by atoms with van der Waals surface area (Å²) in [5.41, 5.74) is 8.96. The smallest absolute Gasteiger partial charge is 0.276 e. The van der Waals surface area contributed by atoms with Gasteiger partial charge >= 0.3 is 0 Å². The topological polar surface area (TPSA) is 59.2 Å². The number of nitrogens with two attached hydrogens (primary N) is 1. The van der Waals surface area contributed by atoms with Gasteiger partial charge in [0.15, 0.2) is 0 Å². The van der Waals surface area contributed by atoms with Crippen LogP contribution in [0.1, 0.15) is 28.5 Å². The largest absolute Gasteiger partial charge is 0.326 e. The summed E-state index contributed by atoms with van der Waals surface area (Å²) in [4.78, 5) is 18.1. The second-order valence-electron chi connectivity index (χ2n) is 4.64. The van der Waals surface area contributed by atoms with E-state index in [0.29, 0.717) is 12.2 Å². The number of hydrogen-bond donors (Lipinski definition) is 1. The molecular weight excluding hydrogens is 250 g/mol. The van der Waals surface area contributed by atoms with E-state index in [0.717, 1.165) is 17.7 Å². The van der Waals surface area contributed by atoms with Crippen LogP contribution < -0.4 is 10.6 Å². The number of nitrogens with zero attached hydrogens (tertiary/aromatic N) is 2. The summed E-state index contributed by atoms with van der Waals surface area (Å²) in [6.45, 7) is 2.53. The number of rotatable bonds is 4. The van der Waals surface area contributed by atoms with Gasteiger partial charge in [-0.2, -0.15) is 0 Å². The summed E-state index contributed by atoms with van der Waals surface area (Å²) >= 11 is 0. The second-order valence-corrected chi connectivity index (χ2v) is 4.64. The number of aromatic nitrogens is 1. The Kier molecular flexibility index (Phi) is 4.48. The Balaban J connectivity index is 2.17. The van der Waals surface area contributed by atoms with Crippen LogP contribution in [0, 0.1) is 0 Å². The number of carbonyl (C=O) groups excluding carboxylic acids is 1. The van der Waals surface area contributed by atoms with E-state index in [4.69, 9.17) is 5.73 Å². The molecule has 0 aliphatic heterocycles. The molecule has 1 heterocycles. The average molecular weight is 269 g/mol. The van der Waals surface area contributed by atoms with E-state index in [2.05, 4.69) is 11.9 Å². The second kappa shape index (κ2) is 6.30. The zero-order chi connectivity index (χ0) is 14.5. The summed E-state index contributed by atoms with van der Waals surface area (Å²) in [7, 11) is 1.75. The van der Waals surface area contributed by atoms with Crippen LogP contribution in [0.2, 0.25) is 0 Å². The fourth-order valence-corrected chi connectivity index (χ4v) is 1.92. The fraction of sp³-hybridized carbons (Fsp3) is 0.250. The lowest BCUT2D eigenvalue weighted by molar-refractivity contribution is 0.0988. The van der Waals surface area contributed by atoms with Crippen molar-refractivity contribution in [2.75, 3.05) is 11.9 Å². The van der Waals surface area contributed by atoms with E-state index in [1.807, 2.05) is 30.3 Å². The van der Waals surface area contributed by atoms with Crippen molar-refractivity contribution in [2.45, 2.75) is 19.9 Å². The van der Waals surface area contributed by atoms with Crippen LogP contribution in [0.15, 0.2) is 42.6 Å². The van der Waals surface area contributed by atoms with E-state index in [1.165, 1.54) is 5.56 Å². The monoisotopic (exact) mass is 269 g/mol. The number of amides is 1. The molecule has 0 atom stereocenters. The van der Waals surface area contributed by atoms with Gasteiger partial charge in [-0.1, -0.05) is 25.1 Å². The molecule has 0 radical (unpaired) electrons. The van der Waals surface area contributed by atoms with Gasteiger partial charge in [0, 0.05) is 25.5 Å². The number of pyridine rings is 1. The van der Waals surface area contributed by atoms with Crippen LogP contribution in [-0.2, 0) is 13.0 Å². The van der Waals surface area contributed by atoms with Crippen LogP contribution in [-0.4, -0.2) is 17.9 Å². The third-order valence-corrected chi connectivity index (χ3v) is 3.32. The number of anilines is 1. The molecule has 2 aromatic rings. The van der Waals surface area contributed by atoms with Crippen molar-refractivity contribution >= 4 is 11.6 Å². The molecule has 1 aromatic heterocycles. The zero-order valence-electron chi connectivity index (χ0n) is 11.8. The molecule has 0 saturated carbocycles. The molecule has 4 heteroatoms. The first kappa shape index (κ1) is 14.2. The summed E-state index contributed by atoms with van der Waals surface area (Å²) in [6.07, 6.45) is 2.63. The molecule has 0 unspecified atom stereocenters. The van der Waals surface area contributed by atoms with E-state index in [1.54, 1.807) is 24.2 Å². The standard InChI is InChI=1S/C16H19N3O/c1-3-12-4-7-14(8-5-12)19(2)16(20)15-9-6-13(10-17)11-18-15/h4-9,11H,3,10,17H2,1-2H3. The summed E-state index contributed by atoms with van der Waals surface area (Å²) in [5, 5.41) is 0. The van der Waals surface area contributed by atoms with Crippen molar-refractivity contribution in [3.8, 4) is 0 Å². The highest BCUT2D eigenvalue weighted by Crippen LogP contribution is 2.16. The maximum absolute atomic E-state index is 12.3. The molecule has 0 saturated heterocycles. The Morgan fingerprint density at radius 3 is 2.30 bits per heavy atom. The lowest BCUT2D eigenvalue weighted by atomic mass is 10.1. The van der Waals surface area contributed by atoms with Crippen LogP contribution in [0.4, 0.5) is 5.69 Å². The first-order valence-electron chi connectivity index (χ1n) is 6.67. The Hall–Kier alpha value is -2.20. The lowest BCUT2D eigenvalue weighted by Gasteiger charge is -2.17. The van der Waals surface area contributed by atoms with Gasteiger partial charge in [-0.05, 0) is 35.7 Å². The molecule has 0 aliphatic carbocycles. The predicted molar refractivity (Wildman–Crippen MR) is 80.7 cm³/mol. The number of aryl methyl sites for hydroxylation is 1. The third-order valence-electron chi connectivity index (χ3n) is 3.32. The van der Waals surface area contributed by atoms with E-state index in [9.17, 15) is 4.79 Å². The minimum atomic E-state index is -0.127. The molecule has 4 nitrogen and oxygen atoms in total.